The lowest BCUT2D eigenvalue weighted by molar-refractivity contribution is 0.507. The van der Waals surface area contributed by atoms with Gasteiger partial charge in [0.2, 0.25) is 0 Å². The second kappa shape index (κ2) is 5.12. The van der Waals surface area contributed by atoms with Crippen LogP contribution in [0.15, 0.2) is 24.5 Å². The van der Waals surface area contributed by atoms with E-state index in [9.17, 15) is 0 Å². The standard InChI is InChI=1S/C12H19N3/c1-13-12-7-3-2-4-9-15(12)11-6-5-8-14-10-11/h5-6,8,10,12-13H,2-4,7,9H2,1H3. The highest BCUT2D eigenvalue weighted by Gasteiger charge is 2.19. The minimum Gasteiger partial charge on any atom is -0.355 e. The molecule has 3 heteroatoms. The molecule has 1 fully saturated rings. The minimum atomic E-state index is 0.469. The van der Waals surface area contributed by atoms with Crippen LogP contribution in [0.3, 0.4) is 0 Å². The van der Waals surface area contributed by atoms with E-state index >= 15 is 0 Å². The van der Waals surface area contributed by atoms with Crippen LogP contribution < -0.4 is 10.2 Å². The van der Waals surface area contributed by atoms with Crippen molar-refractivity contribution in [3.8, 4) is 0 Å². The van der Waals surface area contributed by atoms with Crippen molar-refractivity contribution in [2.75, 3.05) is 18.5 Å². The Bertz CT molecular complexity index is 286. The van der Waals surface area contributed by atoms with Gasteiger partial charge in [-0.1, -0.05) is 6.42 Å². The molecule has 1 unspecified atom stereocenters. The quantitative estimate of drug-likeness (QED) is 0.800. The lowest BCUT2D eigenvalue weighted by atomic mass is 10.2. The van der Waals surface area contributed by atoms with Gasteiger partial charge in [0.1, 0.15) is 0 Å². The Morgan fingerprint density at radius 3 is 3.07 bits per heavy atom. The van der Waals surface area contributed by atoms with Crippen LogP contribution >= 0.6 is 0 Å². The molecule has 1 aliphatic heterocycles. The van der Waals surface area contributed by atoms with Crippen LogP contribution in [0, 0.1) is 0 Å². The molecule has 2 heterocycles. The molecule has 3 nitrogen and oxygen atoms in total. The maximum atomic E-state index is 4.19. The van der Waals surface area contributed by atoms with Crippen molar-refractivity contribution in [3.05, 3.63) is 24.5 Å². The Balaban J connectivity index is 2.16. The number of hydrogen-bond donors (Lipinski definition) is 1. The summed E-state index contributed by atoms with van der Waals surface area (Å²) in [5.74, 6) is 0. The van der Waals surface area contributed by atoms with Crippen LogP contribution in [0.5, 0.6) is 0 Å². The van der Waals surface area contributed by atoms with Gasteiger partial charge in [-0.05, 0) is 38.4 Å². The normalized spacial score (nSPS) is 22.5. The molecule has 0 amide bonds. The van der Waals surface area contributed by atoms with Crippen LogP contribution in [0.25, 0.3) is 0 Å². The molecule has 1 saturated heterocycles. The zero-order valence-electron chi connectivity index (χ0n) is 9.32. The molecular weight excluding hydrogens is 186 g/mol. The Morgan fingerprint density at radius 2 is 2.33 bits per heavy atom. The van der Waals surface area contributed by atoms with Crippen molar-refractivity contribution in [2.24, 2.45) is 0 Å². The molecule has 0 spiro atoms. The van der Waals surface area contributed by atoms with Gasteiger partial charge >= 0.3 is 0 Å². The number of nitrogens with zero attached hydrogens (tertiary/aromatic N) is 2. The Morgan fingerprint density at radius 1 is 1.40 bits per heavy atom. The number of pyridine rings is 1. The molecule has 2 rings (SSSR count). The van der Waals surface area contributed by atoms with Crippen molar-refractivity contribution < 1.29 is 0 Å². The Hall–Kier alpha value is -1.09. The molecule has 0 radical (unpaired) electrons. The summed E-state index contributed by atoms with van der Waals surface area (Å²) >= 11 is 0. The number of hydrogen-bond acceptors (Lipinski definition) is 3. The molecule has 1 atom stereocenters. The summed E-state index contributed by atoms with van der Waals surface area (Å²) < 4.78 is 0. The van der Waals surface area contributed by atoms with Gasteiger partial charge in [-0.3, -0.25) is 4.98 Å². The van der Waals surface area contributed by atoms with Crippen molar-refractivity contribution in [1.29, 1.82) is 0 Å². The van der Waals surface area contributed by atoms with E-state index in [0.717, 1.165) is 6.54 Å². The van der Waals surface area contributed by atoms with Crippen molar-refractivity contribution in [3.63, 3.8) is 0 Å². The van der Waals surface area contributed by atoms with Crippen LogP contribution in [0.1, 0.15) is 25.7 Å². The minimum absolute atomic E-state index is 0.469. The van der Waals surface area contributed by atoms with Gasteiger partial charge in [0.05, 0.1) is 18.1 Å². The van der Waals surface area contributed by atoms with Crippen LogP contribution in [0.4, 0.5) is 5.69 Å². The third-order valence-electron chi connectivity index (χ3n) is 3.06. The van der Waals surface area contributed by atoms with Gasteiger partial charge < -0.3 is 10.2 Å². The highest BCUT2D eigenvalue weighted by Crippen LogP contribution is 2.21. The summed E-state index contributed by atoms with van der Waals surface area (Å²) in [4.78, 5) is 6.62. The molecule has 1 aromatic rings. The van der Waals surface area contributed by atoms with E-state index in [1.165, 1.54) is 31.4 Å². The summed E-state index contributed by atoms with van der Waals surface area (Å²) in [7, 11) is 2.04. The van der Waals surface area contributed by atoms with Crippen LogP contribution in [-0.4, -0.2) is 24.7 Å². The van der Waals surface area contributed by atoms with Gasteiger partial charge in [-0.2, -0.15) is 0 Å². The molecule has 1 aromatic heterocycles. The second-order valence-corrected chi connectivity index (χ2v) is 4.06. The average molecular weight is 205 g/mol. The third kappa shape index (κ3) is 2.48. The van der Waals surface area contributed by atoms with E-state index in [1.54, 1.807) is 0 Å². The van der Waals surface area contributed by atoms with Gasteiger partial charge in [-0.25, -0.2) is 0 Å². The second-order valence-electron chi connectivity index (χ2n) is 4.06. The summed E-state index contributed by atoms with van der Waals surface area (Å²) in [5.41, 5.74) is 1.23. The first-order valence-electron chi connectivity index (χ1n) is 5.76. The van der Waals surface area contributed by atoms with Crippen molar-refractivity contribution in [1.82, 2.24) is 10.3 Å². The van der Waals surface area contributed by atoms with E-state index < -0.39 is 0 Å². The predicted molar refractivity (Wildman–Crippen MR) is 62.9 cm³/mol. The van der Waals surface area contributed by atoms with E-state index in [2.05, 4.69) is 21.3 Å². The molecule has 15 heavy (non-hydrogen) atoms. The number of nitrogens with one attached hydrogen (secondary N) is 1. The molecule has 82 valence electrons. The largest absolute Gasteiger partial charge is 0.355 e. The predicted octanol–water partition coefficient (Wildman–Crippen LogP) is 2.01. The third-order valence-corrected chi connectivity index (χ3v) is 3.06. The first-order chi connectivity index (χ1) is 7.42. The van der Waals surface area contributed by atoms with Gasteiger partial charge in [0, 0.05) is 12.7 Å². The highest BCUT2D eigenvalue weighted by molar-refractivity contribution is 5.44. The van der Waals surface area contributed by atoms with Crippen molar-refractivity contribution >= 4 is 5.69 Å². The lowest BCUT2D eigenvalue weighted by Crippen LogP contribution is -2.43. The molecule has 0 bridgehead atoms. The maximum absolute atomic E-state index is 4.19. The van der Waals surface area contributed by atoms with E-state index in [1.807, 2.05) is 25.5 Å². The van der Waals surface area contributed by atoms with Crippen molar-refractivity contribution in [2.45, 2.75) is 31.8 Å². The summed E-state index contributed by atoms with van der Waals surface area (Å²) in [6.07, 6.45) is 9.43. The van der Waals surface area contributed by atoms with E-state index in [4.69, 9.17) is 0 Å². The molecule has 0 aromatic carbocycles. The van der Waals surface area contributed by atoms with E-state index in [-0.39, 0.29) is 0 Å². The summed E-state index contributed by atoms with van der Waals surface area (Å²) in [6, 6.07) is 4.15. The lowest BCUT2D eigenvalue weighted by Gasteiger charge is -2.31. The summed E-state index contributed by atoms with van der Waals surface area (Å²) in [6.45, 7) is 1.14. The van der Waals surface area contributed by atoms with Crippen LogP contribution in [-0.2, 0) is 0 Å². The monoisotopic (exact) mass is 205 g/mol. The fraction of sp³-hybridized carbons (Fsp3) is 0.583. The molecule has 1 aliphatic rings. The van der Waals surface area contributed by atoms with Gasteiger partial charge in [0.25, 0.3) is 0 Å². The van der Waals surface area contributed by atoms with E-state index in [0.29, 0.717) is 6.17 Å². The number of rotatable bonds is 2. The number of aromatic nitrogens is 1. The average Bonchev–Trinajstić information content (AvgIpc) is 2.55. The van der Waals surface area contributed by atoms with Gasteiger partial charge in [-0.15, -0.1) is 0 Å². The fourth-order valence-electron chi connectivity index (χ4n) is 2.24. The first kappa shape index (κ1) is 10.4. The first-order valence-corrected chi connectivity index (χ1v) is 5.76. The Labute approximate surface area is 91.5 Å². The topological polar surface area (TPSA) is 28.2 Å². The zero-order chi connectivity index (χ0) is 10.5. The smallest absolute Gasteiger partial charge is 0.0793 e. The fourth-order valence-corrected chi connectivity index (χ4v) is 2.24. The maximum Gasteiger partial charge on any atom is 0.0793 e. The number of anilines is 1. The zero-order valence-corrected chi connectivity index (χ0v) is 9.32. The molecular formula is C12H19N3. The summed E-state index contributed by atoms with van der Waals surface area (Å²) in [5, 5.41) is 3.39. The molecule has 0 aliphatic carbocycles. The SMILES string of the molecule is CNC1CCCCCN1c1cccnc1. The van der Waals surface area contributed by atoms with Crippen LogP contribution in [0.2, 0.25) is 0 Å². The van der Waals surface area contributed by atoms with Gasteiger partial charge in [0.15, 0.2) is 0 Å². The molecule has 0 saturated carbocycles. The highest BCUT2D eigenvalue weighted by atomic mass is 15.3. The Kier molecular flexibility index (Phi) is 3.56. The molecule has 1 N–H and O–H groups in total.